The highest BCUT2D eigenvalue weighted by Gasteiger charge is 2.25. The third-order valence-electron chi connectivity index (χ3n) is 5.79. The van der Waals surface area contributed by atoms with Crippen LogP contribution in [0.15, 0.2) is 85.8 Å². The first-order valence-corrected chi connectivity index (χ1v) is 11.4. The van der Waals surface area contributed by atoms with E-state index in [9.17, 15) is 0 Å². The van der Waals surface area contributed by atoms with Crippen LogP contribution in [0.4, 0.5) is 5.69 Å². The number of anilines is 1. The van der Waals surface area contributed by atoms with Crippen molar-refractivity contribution >= 4 is 17.3 Å². The van der Waals surface area contributed by atoms with E-state index < -0.39 is 0 Å². The summed E-state index contributed by atoms with van der Waals surface area (Å²) in [6.07, 6.45) is 9.82. The Kier molecular flexibility index (Phi) is 6.58. The maximum Gasteiger partial charge on any atom is 0.156 e. The zero-order valence-corrected chi connectivity index (χ0v) is 19.5. The fraction of sp³-hybridized carbons (Fsp3) is 0.207. The van der Waals surface area contributed by atoms with Crippen molar-refractivity contribution in [3.63, 3.8) is 0 Å². The summed E-state index contributed by atoms with van der Waals surface area (Å²) in [6, 6.07) is 12.5. The van der Waals surface area contributed by atoms with Crippen LogP contribution in [-0.2, 0) is 0 Å². The molecule has 0 unspecified atom stereocenters. The lowest BCUT2D eigenvalue weighted by molar-refractivity contribution is 0.760. The van der Waals surface area contributed by atoms with Crippen LogP contribution in [0.3, 0.4) is 0 Å². The van der Waals surface area contributed by atoms with Crippen LogP contribution in [0.2, 0.25) is 0 Å². The molecule has 0 aliphatic heterocycles. The molecular weight excluding hydrogens is 404 g/mol. The van der Waals surface area contributed by atoms with E-state index >= 15 is 0 Å². The van der Waals surface area contributed by atoms with E-state index in [-0.39, 0.29) is 0 Å². The molecule has 0 spiro atoms. The molecule has 1 aromatic carbocycles. The first-order valence-electron chi connectivity index (χ1n) is 11.4. The largest absolute Gasteiger partial charge is 0.371 e. The highest BCUT2D eigenvalue weighted by atomic mass is 15.3. The summed E-state index contributed by atoms with van der Waals surface area (Å²) in [5.41, 5.74) is 11.2. The molecule has 2 heterocycles. The van der Waals surface area contributed by atoms with E-state index in [1.807, 2.05) is 29.1 Å². The van der Waals surface area contributed by atoms with Gasteiger partial charge in [-0.15, -0.1) is 12.3 Å². The zero-order chi connectivity index (χ0) is 23.4. The minimum atomic E-state index is 0.787. The number of fused-ring (bicyclic) bond motifs is 1. The lowest BCUT2D eigenvalue weighted by Gasteiger charge is -2.27. The van der Waals surface area contributed by atoms with Crippen LogP contribution in [-0.4, -0.2) is 27.9 Å². The zero-order valence-electron chi connectivity index (χ0n) is 19.5. The van der Waals surface area contributed by atoms with E-state index in [1.165, 1.54) is 5.56 Å². The van der Waals surface area contributed by atoms with Crippen molar-refractivity contribution in [1.82, 2.24) is 14.8 Å². The van der Waals surface area contributed by atoms with Gasteiger partial charge in [0.25, 0.3) is 0 Å². The lowest BCUT2D eigenvalue weighted by Crippen LogP contribution is -2.26. The number of aryl methyl sites for hydroxylation is 1. The number of nitrogens with zero attached hydrogens (tertiary/aromatic N) is 4. The molecule has 0 saturated heterocycles. The number of benzene rings is 1. The van der Waals surface area contributed by atoms with E-state index in [0.29, 0.717) is 0 Å². The Morgan fingerprint density at radius 3 is 2.76 bits per heavy atom. The average Bonchev–Trinajstić information content (AvgIpc) is 3.42. The molecule has 1 aliphatic rings. The second kappa shape index (κ2) is 9.72. The number of rotatable bonds is 9. The lowest BCUT2D eigenvalue weighted by atomic mass is 10.0. The molecule has 0 amide bonds. The molecule has 3 aromatic rings. The molecule has 4 rings (SSSR count). The Labute approximate surface area is 196 Å². The molecule has 0 saturated carbocycles. The van der Waals surface area contributed by atoms with Gasteiger partial charge in [-0.2, -0.15) is 5.10 Å². The van der Waals surface area contributed by atoms with Crippen LogP contribution >= 0.6 is 0 Å². The Morgan fingerprint density at radius 1 is 1.18 bits per heavy atom. The summed E-state index contributed by atoms with van der Waals surface area (Å²) in [5, 5.41) is 4.85. The van der Waals surface area contributed by atoms with Crippen LogP contribution in [0.25, 0.3) is 28.7 Å². The predicted octanol–water partition coefficient (Wildman–Crippen LogP) is 6.79. The highest BCUT2D eigenvalue weighted by molar-refractivity contribution is 5.99. The second-order valence-electron chi connectivity index (χ2n) is 8.27. The Hall–Kier alpha value is -3.88. The summed E-state index contributed by atoms with van der Waals surface area (Å²) in [4.78, 5) is 7.36. The predicted molar refractivity (Wildman–Crippen MR) is 140 cm³/mol. The van der Waals surface area contributed by atoms with Gasteiger partial charge in [0.1, 0.15) is 0 Å². The molecule has 166 valence electrons. The minimum Gasteiger partial charge on any atom is -0.371 e. The molecule has 0 radical (unpaired) electrons. The SMILES string of the molecule is C=C=CC1=Cc2nc(-n3ccc(-c4cccc(C)c4)n3)cc(N(CCC)CCC=C)c2C1=C. The number of allylic oxidation sites excluding steroid dienone is 3. The normalized spacial score (nSPS) is 12.2. The van der Waals surface area contributed by atoms with Gasteiger partial charge in [0.05, 0.1) is 17.1 Å². The number of aromatic nitrogens is 3. The first-order chi connectivity index (χ1) is 16.0. The fourth-order valence-electron chi connectivity index (χ4n) is 4.21. The summed E-state index contributed by atoms with van der Waals surface area (Å²) in [7, 11) is 0. The van der Waals surface area contributed by atoms with Gasteiger partial charge in [-0.1, -0.05) is 49.9 Å². The summed E-state index contributed by atoms with van der Waals surface area (Å²) < 4.78 is 1.86. The average molecular weight is 435 g/mol. The monoisotopic (exact) mass is 434 g/mol. The van der Waals surface area contributed by atoms with Gasteiger partial charge in [0, 0.05) is 36.5 Å². The van der Waals surface area contributed by atoms with Crippen molar-refractivity contribution in [2.45, 2.75) is 26.7 Å². The Bertz CT molecular complexity index is 1280. The molecule has 0 fully saturated rings. The standard InChI is InChI=1S/C29H30N4/c1-6-9-16-32(15-8-3)27-20-28(30-26-19-23(11-7-2)22(5)29(26)27)33-17-14-25(31-33)24-13-10-12-21(4)18-24/h6,10-14,17-20H,1-2,5,8-9,15-16H2,3-4H3. The molecule has 4 nitrogen and oxygen atoms in total. The van der Waals surface area contributed by atoms with Crippen molar-refractivity contribution in [3.8, 4) is 17.1 Å². The van der Waals surface area contributed by atoms with Gasteiger partial charge in [-0.25, -0.2) is 9.67 Å². The van der Waals surface area contributed by atoms with Gasteiger partial charge in [-0.3, -0.25) is 0 Å². The topological polar surface area (TPSA) is 34.0 Å². The third-order valence-corrected chi connectivity index (χ3v) is 5.79. The minimum absolute atomic E-state index is 0.787. The maximum absolute atomic E-state index is 4.96. The van der Waals surface area contributed by atoms with E-state index in [0.717, 1.165) is 71.1 Å². The maximum atomic E-state index is 4.96. The van der Waals surface area contributed by atoms with Crippen LogP contribution in [0.1, 0.15) is 36.6 Å². The second-order valence-corrected chi connectivity index (χ2v) is 8.27. The van der Waals surface area contributed by atoms with Crippen molar-refractivity contribution in [1.29, 1.82) is 0 Å². The summed E-state index contributed by atoms with van der Waals surface area (Å²) in [6.45, 7) is 18.1. The van der Waals surface area contributed by atoms with Gasteiger partial charge in [-0.05, 0) is 55.2 Å². The molecule has 2 aromatic heterocycles. The van der Waals surface area contributed by atoms with E-state index in [2.05, 4.69) is 80.6 Å². The van der Waals surface area contributed by atoms with Gasteiger partial charge in [0.2, 0.25) is 0 Å². The summed E-state index contributed by atoms with van der Waals surface area (Å²) in [5.74, 6) is 0.787. The number of pyridine rings is 1. The Morgan fingerprint density at radius 2 is 2.03 bits per heavy atom. The van der Waals surface area contributed by atoms with Crippen LogP contribution in [0, 0.1) is 6.92 Å². The van der Waals surface area contributed by atoms with Crippen LogP contribution in [0.5, 0.6) is 0 Å². The molecule has 0 N–H and O–H groups in total. The van der Waals surface area contributed by atoms with Crippen molar-refractivity contribution in [3.05, 3.63) is 103 Å². The van der Waals surface area contributed by atoms with Crippen molar-refractivity contribution < 1.29 is 0 Å². The number of hydrogen-bond acceptors (Lipinski definition) is 3. The van der Waals surface area contributed by atoms with Gasteiger partial charge in [0.15, 0.2) is 5.82 Å². The molecule has 0 atom stereocenters. The summed E-state index contributed by atoms with van der Waals surface area (Å²) >= 11 is 0. The molecule has 1 aliphatic carbocycles. The third kappa shape index (κ3) is 4.52. The quantitative estimate of drug-likeness (QED) is 0.275. The Balaban J connectivity index is 1.83. The molecular formula is C29H30N4. The smallest absolute Gasteiger partial charge is 0.156 e. The highest BCUT2D eigenvalue weighted by Crippen LogP contribution is 2.41. The molecule has 33 heavy (non-hydrogen) atoms. The van der Waals surface area contributed by atoms with Gasteiger partial charge < -0.3 is 4.90 Å². The molecule has 4 heteroatoms. The first kappa shape index (κ1) is 22.3. The number of hydrogen-bond donors (Lipinski definition) is 0. The van der Waals surface area contributed by atoms with E-state index in [1.54, 1.807) is 0 Å². The van der Waals surface area contributed by atoms with Crippen molar-refractivity contribution in [2.75, 3.05) is 18.0 Å². The van der Waals surface area contributed by atoms with E-state index in [4.69, 9.17) is 10.1 Å². The van der Waals surface area contributed by atoms with Crippen LogP contribution < -0.4 is 4.90 Å². The fourth-order valence-corrected chi connectivity index (χ4v) is 4.21. The molecule has 0 bridgehead atoms. The van der Waals surface area contributed by atoms with Crippen molar-refractivity contribution in [2.24, 2.45) is 0 Å². The van der Waals surface area contributed by atoms with Gasteiger partial charge >= 0.3 is 0 Å².